The summed E-state index contributed by atoms with van der Waals surface area (Å²) in [6.07, 6.45) is 26.5. The monoisotopic (exact) mass is 591 g/mol. The summed E-state index contributed by atoms with van der Waals surface area (Å²) >= 11 is 0. The number of unbranched alkanes of at least 4 members (excludes halogenated alkanes) is 16. The zero-order valence-corrected chi connectivity index (χ0v) is 26.7. The van der Waals surface area contributed by atoms with Gasteiger partial charge in [-0.1, -0.05) is 109 Å². The van der Waals surface area contributed by atoms with Crippen molar-refractivity contribution >= 4 is 13.8 Å². The van der Waals surface area contributed by atoms with E-state index in [-0.39, 0.29) is 32.3 Å². The van der Waals surface area contributed by atoms with Gasteiger partial charge in [0.1, 0.15) is 6.10 Å². The quantitative estimate of drug-likeness (QED) is 0.0357. The number of carbonyl (C=O) groups is 1. The second-order valence-electron chi connectivity index (χ2n) is 10.7. The summed E-state index contributed by atoms with van der Waals surface area (Å²) in [4.78, 5) is 22.1. The fourth-order valence-electron chi connectivity index (χ4n) is 4.28. The number of carbonyl (C=O) groups excluding carboxylic acids is 1. The van der Waals surface area contributed by atoms with Gasteiger partial charge < -0.3 is 20.1 Å². The Hall–Kier alpha value is -0.760. The minimum absolute atomic E-state index is 0.0943. The van der Waals surface area contributed by atoms with Crippen LogP contribution in [-0.2, 0) is 27.9 Å². The maximum absolute atomic E-state index is 12.4. The van der Waals surface area contributed by atoms with Gasteiger partial charge in [-0.25, -0.2) is 4.57 Å². The Morgan fingerprint density at radius 1 is 0.725 bits per heavy atom. The van der Waals surface area contributed by atoms with E-state index in [4.69, 9.17) is 24.3 Å². The first-order valence-corrected chi connectivity index (χ1v) is 17.7. The van der Waals surface area contributed by atoms with Gasteiger partial charge in [0.15, 0.2) is 0 Å². The molecule has 3 N–H and O–H groups in total. The van der Waals surface area contributed by atoms with E-state index < -0.39 is 13.9 Å². The predicted molar refractivity (Wildman–Crippen MR) is 164 cm³/mol. The number of esters is 1. The van der Waals surface area contributed by atoms with E-state index in [0.29, 0.717) is 13.0 Å². The average molecular weight is 592 g/mol. The van der Waals surface area contributed by atoms with Gasteiger partial charge in [-0.15, -0.1) is 0 Å². The zero-order chi connectivity index (χ0) is 29.6. The molecular weight excluding hydrogens is 529 g/mol. The van der Waals surface area contributed by atoms with Crippen molar-refractivity contribution in [1.82, 2.24) is 0 Å². The number of phosphoric acid groups is 1. The van der Waals surface area contributed by atoms with Crippen LogP contribution < -0.4 is 5.73 Å². The summed E-state index contributed by atoms with van der Waals surface area (Å²) in [6.45, 7) is 4.84. The molecule has 0 spiro atoms. The summed E-state index contributed by atoms with van der Waals surface area (Å²) in [5.41, 5.74) is 5.32. The highest BCUT2D eigenvalue weighted by Gasteiger charge is 2.25. The lowest BCUT2D eigenvalue weighted by Crippen LogP contribution is -2.28. The van der Waals surface area contributed by atoms with Gasteiger partial charge >= 0.3 is 13.8 Å². The number of hydrogen-bond donors (Lipinski definition) is 2. The maximum atomic E-state index is 12.4. The molecule has 0 aliphatic heterocycles. The molecule has 238 valence electrons. The van der Waals surface area contributed by atoms with Crippen LogP contribution in [0.25, 0.3) is 0 Å². The average Bonchev–Trinajstić information content (AvgIpc) is 2.94. The molecule has 0 aliphatic rings. The molecule has 0 heterocycles. The van der Waals surface area contributed by atoms with E-state index >= 15 is 0 Å². The van der Waals surface area contributed by atoms with E-state index in [1.807, 2.05) is 0 Å². The van der Waals surface area contributed by atoms with E-state index in [0.717, 1.165) is 32.1 Å². The van der Waals surface area contributed by atoms with Crippen LogP contribution in [0.5, 0.6) is 0 Å². The molecule has 0 fully saturated rings. The third-order valence-electron chi connectivity index (χ3n) is 6.68. The van der Waals surface area contributed by atoms with Crippen molar-refractivity contribution in [3.8, 4) is 0 Å². The van der Waals surface area contributed by atoms with Crippen molar-refractivity contribution in [2.75, 3.05) is 33.0 Å². The predicted octanol–water partition coefficient (Wildman–Crippen LogP) is 8.41. The highest BCUT2D eigenvalue weighted by molar-refractivity contribution is 7.47. The Balaban J connectivity index is 4.13. The van der Waals surface area contributed by atoms with Gasteiger partial charge in [0.2, 0.25) is 0 Å². The molecule has 0 amide bonds. The first kappa shape index (κ1) is 39.2. The minimum atomic E-state index is -4.25. The van der Waals surface area contributed by atoms with Gasteiger partial charge in [-0.2, -0.15) is 0 Å². The lowest BCUT2D eigenvalue weighted by molar-refractivity contribution is -0.154. The number of ether oxygens (including phenoxy) is 2. The molecule has 2 unspecified atom stereocenters. The van der Waals surface area contributed by atoms with Gasteiger partial charge in [0.05, 0.1) is 19.8 Å². The van der Waals surface area contributed by atoms with Crippen molar-refractivity contribution in [2.24, 2.45) is 5.73 Å². The van der Waals surface area contributed by atoms with Crippen LogP contribution in [0.4, 0.5) is 0 Å². The highest BCUT2D eigenvalue weighted by atomic mass is 31.2. The van der Waals surface area contributed by atoms with E-state index in [2.05, 4.69) is 26.0 Å². The Morgan fingerprint density at radius 2 is 1.25 bits per heavy atom. The maximum Gasteiger partial charge on any atom is 0.472 e. The van der Waals surface area contributed by atoms with Crippen LogP contribution >= 0.6 is 7.82 Å². The third kappa shape index (κ3) is 28.8. The molecule has 0 saturated carbocycles. The summed E-state index contributed by atoms with van der Waals surface area (Å²) in [7, 11) is -4.25. The fourth-order valence-corrected chi connectivity index (χ4v) is 5.05. The van der Waals surface area contributed by atoms with E-state index in [9.17, 15) is 14.3 Å². The minimum Gasteiger partial charge on any atom is -0.457 e. The molecule has 0 aliphatic carbocycles. The van der Waals surface area contributed by atoms with Gasteiger partial charge in [-0.05, 0) is 38.5 Å². The van der Waals surface area contributed by atoms with Crippen LogP contribution in [0.15, 0.2) is 12.2 Å². The molecule has 40 heavy (non-hydrogen) atoms. The third-order valence-corrected chi connectivity index (χ3v) is 7.67. The number of allylic oxidation sites excluding steroid dienone is 2. The standard InChI is InChI=1S/C31H62NO7P/c1-3-5-7-9-11-13-14-15-16-17-19-21-23-26-36-28-30(29-38-40(34,35)37-27-25-32)39-31(33)24-22-20-18-12-10-8-6-4-2/h11,13,30H,3-10,12,14-29,32H2,1-2H3,(H,34,35)/b13-11-. The summed E-state index contributed by atoms with van der Waals surface area (Å²) in [5.74, 6) is -0.338. The first-order valence-electron chi connectivity index (χ1n) is 16.2. The van der Waals surface area contributed by atoms with Gasteiger partial charge in [0.25, 0.3) is 0 Å². The van der Waals surface area contributed by atoms with Crippen LogP contribution in [0.2, 0.25) is 0 Å². The lowest BCUT2D eigenvalue weighted by Gasteiger charge is -2.20. The number of nitrogens with two attached hydrogens (primary N) is 1. The van der Waals surface area contributed by atoms with Crippen LogP contribution in [0, 0.1) is 0 Å². The summed E-state index contributed by atoms with van der Waals surface area (Å²) in [5, 5.41) is 0. The Kier molecular flexibility index (Phi) is 29.2. The molecule has 0 aromatic heterocycles. The van der Waals surface area contributed by atoms with Gasteiger partial charge in [-0.3, -0.25) is 13.8 Å². The molecule has 0 aromatic rings. The number of hydrogen-bond acceptors (Lipinski definition) is 7. The SMILES string of the molecule is CCCCC/C=C\CCCCCCCCOCC(COP(=O)(O)OCCN)OC(=O)CCCCCCCCCC. The largest absolute Gasteiger partial charge is 0.472 e. The van der Waals surface area contributed by atoms with Crippen LogP contribution in [0.1, 0.15) is 142 Å². The summed E-state index contributed by atoms with van der Waals surface area (Å²) in [6, 6.07) is 0. The second kappa shape index (κ2) is 29.7. The molecule has 0 rings (SSSR count). The molecule has 0 radical (unpaired) electrons. The number of phosphoric ester groups is 1. The fraction of sp³-hybridized carbons (Fsp3) is 0.903. The van der Waals surface area contributed by atoms with Crippen molar-refractivity contribution in [3.63, 3.8) is 0 Å². The molecular formula is C31H62NO7P. The molecule has 0 aromatic carbocycles. The summed E-state index contributed by atoms with van der Waals surface area (Å²) < 4.78 is 33.0. The number of rotatable bonds is 31. The molecule has 9 heteroatoms. The van der Waals surface area contributed by atoms with Crippen LogP contribution in [0.3, 0.4) is 0 Å². The normalized spacial score (nSPS) is 14.0. The van der Waals surface area contributed by atoms with Crippen molar-refractivity contribution in [2.45, 2.75) is 148 Å². The van der Waals surface area contributed by atoms with Gasteiger partial charge in [0, 0.05) is 19.6 Å². The van der Waals surface area contributed by atoms with Crippen molar-refractivity contribution in [3.05, 3.63) is 12.2 Å². The van der Waals surface area contributed by atoms with Crippen molar-refractivity contribution in [1.29, 1.82) is 0 Å². The molecule has 2 atom stereocenters. The highest BCUT2D eigenvalue weighted by Crippen LogP contribution is 2.43. The Labute approximate surface area is 245 Å². The zero-order valence-electron chi connectivity index (χ0n) is 25.8. The van der Waals surface area contributed by atoms with Crippen molar-refractivity contribution < 1.29 is 32.8 Å². The lowest BCUT2D eigenvalue weighted by atomic mass is 10.1. The first-order chi connectivity index (χ1) is 19.4. The molecule has 8 nitrogen and oxygen atoms in total. The molecule has 0 saturated heterocycles. The second-order valence-corrected chi connectivity index (χ2v) is 12.1. The van der Waals surface area contributed by atoms with E-state index in [1.165, 1.54) is 89.9 Å². The van der Waals surface area contributed by atoms with Crippen LogP contribution in [-0.4, -0.2) is 49.9 Å². The topological polar surface area (TPSA) is 117 Å². The Morgan fingerprint density at radius 3 is 1.88 bits per heavy atom. The van der Waals surface area contributed by atoms with E-state index in [1.54, 1.807) is 0 Å². The smallest absolute Gasteiger partial charge is 0.457 e. The molecule has 0 bridgehead atoms. The Bertz CT molecular complexity index is 633.